The van der Waals surface area contributed by atoms with E-state index in [1.54, 1.807) is 18.2 Å². The zero-order valence-electron chi connectivity index (χ0n) is 16.3. The summed E-state index contributed by atoms with van der Waals surface area (Å²) in [6, 6.07) is 8.90. The molecular formula is C20H22ClN3O5S. The van der Waals surface area contributed by atoms with Gasteiger partial charge in [-0.15, -0.1) is 0 Å². The molecule has 1 fully saturated rings. The summed E-state index contributed by atoms with van der Waals surface area (Å²) in [6.45, 7) is 0.565. The number of anilines is 1. The summed E-state index contributed by atoms with van der Waals surface area (Å²) in [4.78, 5) is 28.1. The average molecular weight is 452 g/mol. The molecule has 10 heteroatoms. The van der Waals surface area contributed by atoms with E-state index in [4.69, 9.17) is 16.7 Å². The monoisotopic (exact) mass is 451 g/mol. The van der Waals surface area contributed by atoms with Crippen LogP contribution in [0.4, 0.5) is 5.69 Å². The zero-order chi connectivity index (χ0) is 21.9. The fourth-order valence-corrected chi connectivity index (χ4v) is 4.26. The van der Waals surface area contributed by atoms with E-state index in [-0.39, 0.29) is 23.4 Å². The summed E-state index contributed by atoms with van der Waals surface area (Å²) >= 11 is 5.96. The van der Waals surface area contributed by atoms with E-state index in [1.165, 1.54) is 18.2 Å². The number of carboxylic acids is 1. The second-order valence-electron chi connectivity index (χ2n) is 7.31. The maximum absolute atomic E-state index is 12.7. The summed E-state index contributed by atoms with van der Waals surface area (Å²) in [5, 5.41) is 15.4. The van der Waals surface area contributed by atoms with Crippen molar-refractivity contribution in [2.75, 3.05) is 18.1 Å². The predicted octanol–water partition coefficient (Wildman–Crippen LogP) is 2.91. The Hall–Kier alpha value is -2.49. The van der Waals surface area contributed by atoms with E-state index >= 15 is 0 Å². The molecule has 1 aromatic heterocycles. The van der Waals surface area contributed by atoms with Crippen LogP contribution in [-0.2, 0) is 14.6 Å². The number of carbonyl (C=O) groups is 2. The molecule has 1 saturated heterocycles. The number of nitrogens with one attached hydrogen (secondary N) is 2. The number of nitrogens with zero attached hydrogens (tertiary/aromatic N) is 1. The van der Waals surface area contributed by atoms with E-state index in [2.05, 4.69) is 15.6 Å². The number of aromatic nitrogens is 1. The van der Waals surface area contributed by atoms with Gasteiger partial charge in [0.05, 0.1) is 17.4 Å². The molecule has 0 bridgehead atoms. The molecule has 1 aliphatic heterocycles. The van der Waals surface area contributed by atoms with Crippen LogP contribution in [-0.4, -0.2) is 43.2 Å². The molecule has 30 heavy (non-hydrogen) atoms. The lowest BCUT2D eigenvalue weighted by atomic mass is 9.88. The minimum absolute atomic E-state index is 0.0220. The molecule has 2 aromatic rings. The van der Waals surface area contributed by atoms with Gasteiger partial charge < -0.3 is 15.7 Å². The van der Waals surface area contributed by atoms with Crippen molar-refractivity contribution in [2.24, 2.45) is 5.92 Å². The molecule has 0 radical (unpaired) electrons. The molecule has 160 valence electrons. The van der Waals surface area contributed by atoms with Crippen LogP contribution in [0.3, 0.4) is 0 Å². The van der Waals surface area contributed by atoms with Crippen LogP contribution in [0.25, 0.3) is 0 Å². The first-order chi connectivity index (χ1) is 14.1. The Labute approximate surface area is 179 Å². The molecule has 1 aliphatic rings. The van der Waals surface area contributed by atoms with Gasteiger partial charge in [0.1, 0.15) is 0 Å². The van der Waals surface area contributed by atoms with E-state index in [0.717, 1.165) is 6.26 Å². The lowest BCUT2D eigenvalue weighted by Gasteiger charge is -2.30. The summed E-state index contributed by atoms with van der Waals surface area (Å²) in [5.74, 6) is -1.37. The quantitative estimate of drug-likeness (QED) is 0.616. The first kappa shape index (κ1) is 22.2. The molecule has 3 N–H and O–H groups in total. The number of benzene rings is 1. The van der Waals surface area contributed by atoms with E-state index < -0.39 is 21.7 Å². The molecule has 3 rings (SSSR count). The standard InChI is InChI=1S/C20H22ClN3O5S/c1-30(28,29)17-6-5-15(23-20(27)13-3-2-4-14(21)11-13)19(24-17)16-9-12(7-8-22-16)10-18(25)26/h2-6,11-12,16,22H,7-10H2,1H3,(H,23,27)(H,25,26). The van der Waals surface area contributed by atoms with Crippen molar-refractivity contribution in [2.45, 2.75) is 30.3 Å². The normalized spacial score (nSPS) is 19.3. The lowest BCUT2D eigenvalue weighted by molar-refractivity contribution is -0.138. The smallest absolute Gasteiger partial charge is 0.303 e. The summed E-state index contributed by atoms with van der Waals surface area (Å²) < 4.78 is 24.0. The molecule has 0 aliphatic carbocycles. The van der Waals surface area contributed by atoms with Gasteiger partial charge >= 0.3 is 5.97 Å². The van der Waals surface area contributed by atoms with Crippen molar-refractivity contribution in [3.8, 4) is 0 Å². The zero-order valence-corrected chi connectivity index (χ0v) is 17.8. The van der Waals surface area contributed by atoms with Gasteiger partial charge in [0.15, 0.2) is 14.9 Å². The molecule has 2 unspecified atom stereocenters. The van der Waals surface area contributed by atoms with Crippen molar-refractivity contribution in [1.82, 2.24) is 10.3 Å². The molecule has 1 aromatic carbocycles. The molecule has 0 saturated carbocycles. The van der Waals surface area contributed by atoms with Crippen LogP contribution in [0.2, 0.25) is 5.02 Å². The Morgan fingerprint density at radius 1 is 1.30 bits per heavy atom. The first-order valence-electron chi connectivity index (χ1n) is 9.36. The van der Waals surface area contributed by atoms with E-state index in [0.29, 0.717) is 41.4 Å². The van der Waals surface area contributed by atoms with E-state index in [9.17, 15) is 18.0 Å². The fraction of sp³-hybridized carbons (Fsp3) is 0.350. The maximum Gasteiger partial charge on any atom is 0.303 e. The molecular weight excluding hydrogens is 430 g/mol. The number of rotatable bonds is 6. The van der Waals surface area contributed by atoms with Crippen LogP contribution < -0.4 is 10.6 Å². The number of halogens is 1. The topological polar surface area (TPSA) is 125 Å². The minimum atomic E-state index is -3.56. The number of sulfone groups is 1. The molecule has 2 heterocycles. The van der Waals surface area contributed by atoms with Crippen LogP contribution in [0, 0.1) is 5.92 Å². The summed E-state index contributed by atoms with van der Waals surface area (Å²) in [5.41, 5.74) is 1.07. The third-order valence-electron chi connectivity index (χ3n) is 4.92. The number of hydrogen-bond donors (Lipinski definition) is 3. The fourth-order valence-electron chi connectivity index (χ4n) is 3.50. The average Bonchev–Trinajstić information content (AvgIpc) is 2.67. The van der Waals surface area contributed by atoms with Crippen LogP contribution in [0.15, 0.2) is 41.4 Å². The molecule has 0 spiro atoms. The second-order valence-corrected chi connectivity index (χ2v) is 9.71. The van der Waals surface area contributed by atoms with Gasteiger partial charge in [0.25, 0.3) is 5.91 Å². The predicted molar refractivity (Wildman–Crippen MR) is 112 cm³/mol. The van der Waals surface area contributed by atoms with Crippen LogP contribution >= 0.6 is 11.6 Å². The van der Waals surface area contributed by atoms with Gasteiger partial charge in [-0.1, -0.05) is 17.7 Å². The van der Waals surface area contributed by atoms with Crippen LogP contribution in [0.5, 0.6) is 0 Å². The number of aliphatic carboxylic acids is 1. The second kappa shape index (κ2) is 9.11. The number of pyridine rings is 1. The largest absolute Gasteiger partial charge is 0.481 e. The van der Waals surface area contributed by atoms with Gasteiger partial charge in [-0.25, -0.2) is 13.4 Å². The van der Waals surface area contributed by atoms with Gasteiger partial charge in [0.2, 0.25) is 0 Å². The SMILES string of the molecule is CS(=O)(=O)c1ccc(NC(=O)c2cccc(Cl)c2)c(C2CC(CC(=O)O)CCN2)n1. The van der Waals surface area contributed by atoms with Crippen molar-refractivity contribution in [3.63, 3.8) is 0 Å². The summed E-state index contributed by atoms with van der Waals surface area (Å²) in [6.07, 6.45) is 2.24. The lowest BCUT2D eigenvalue weighted by Crippen LogP contribution is -2.34. The first-order valence-corrected chi connectivity index (χ1v) is 11.6. The van der Waals surface area contributed by atoms with Crippen LogP contribution in [0.1, 0.15) is 41.4 Å². The highest BCUT2D eigenvalue weighted by atomic mass is 35.5. The molecule has 2 atom stereocenters. The Morgan fingerprint density at radius 2 is 2.07 bits per heavy atom. The van der Waals surface area contributed by atoms with Crippen molar-refractivity contribution >= 4 is 39.0 Å². The number of amides is 1. The highest BCUT2D eigenvalue weighted by molar-refractivity contribution is 7.90. The number of carboxylic acid groups (broad SMARTS) is 1. The Balaban J connectivity index is 1.94. The minimum Gasteiger partial charge on any atom is -0.481 e. The Morgan fingerprint density at radius 3 is 2.73 bits per heavy atom. The summed E-state index contributed by atoms with van der Waals surface area (Å²) in [7, 11) is -3.56. The Kier molecular flexibility index (Phi) is 6.74. The highest BCUT2D eigenvalue weighted by Gasteiger charge is 2.28. The third-order valence-corrected chi connectivity index (χ3v) is 6.14. The highest BCUT2D eigenvalue weighted by Crippen LogP contribution is 2.33. The third kappa shape index (κ3) is 5.56. The van der Waals surface area contributed by atoms with Crippen molar-refractivity contribution in [1.29, 1.82) is 0 Å². The molecule has 1 amide bonds. The number of piperidine rings is 1. The van der Waals surface area contributed by atoms with Crippen molar-refractivity contribution in [3.05, 3.63) is 52.7 Å². The maximum atomic E-state index is 12.7. The van der Waals surface area contributed by atoms with Gasteiger partial charge in [-0.05, 0) is 55.6 Å². The van der Waals surface area contributed by atoms with Gasteiger partial charge in [0, 0.05) is 23.3 Å². The molecule has 8 nitrogen and oxygen atoms in total. The van der Waals surface area contributed by atoms with Gasteiger partial charge in [-0.2, -0.15) is 0 Å². The number of hydrogen-bond acceptors (Lipinski definition) is 6. The van der Waals surface area contributed by atoms with Gasteiger partial charge in [-0.3, -0.25) is 9.59 Å². The Bertz CT molecular complexity index is 1070. The van der Waals surface area contributed by atoms with Crippen molar-refractivity contribution < 1.29 is 23.1 Å². The van der Waals surface area contributed by atoms with E-state index in [1.807, 2.05) is 0 Å². The number of carbonyl (C=O) groups excluding carboxylic acids is 1.